The summed E-state index contributed by atoms with van der Waals surface area (Å²) in [4.78, 5) is 21.5. The number of rotatable bonds is 5. The predicted octanol–water partition coefficient (Wildman–Crippen LogP) is 1.00. The van der Waals surface area contributed by atoms with Crippen molar-refractivity contribution >= 4 is 17.7 Å². The van der Waals surface area contributed by atoms with Crippen LogP contribution in [0.3, 0.4) is 0 Å². The van der Waals surface area contributed by atoms with Crippen LogP contribution in [-0.4, -0.2) is 25.1 Å². The van der Waals surface area contributed by atoms with Crippen molar-refractivity contribution in [3.63, 3.8) is 0 Å². The highest BCUT2D eigenvalue weighted by atomic mass is 16.6. The maximum Gasteiger partial charge on any atom is 0.321 e. The Morgan fingerprint density at radius 3 is 2.35 bits per heavy atom. The highest BCUT2D eigenvalue weighted by Gasteiger charge is 2.24. The van der Waals surface area contributed by atoms with Crippen LogP contribution in [0.4, 0.5) is 5.69 Å². The topological polar surface area (TPSA) is 128 Å². The molecule has 8 nitrogen and oxygen atoms in total. The standard InChI is InChI=1S/C12H11N3O5/c1-19-9-3-4-10(20-2)11(15(17)18)8(9)5-7(6-13)12(14)16/h3-5H,1-2H3,(H2,14,16). The lowest BCUT2D eigenvalue weighted by Crippen LogP contribution is -2.12. The average Bonchev–Trinajstić information content (AvgIpc) is 2.42. The molecule has 0 spiro atoms. The molecule has 0 saturated carbocycles. The third kappa shape index (κ3) is 2.84. The Kier molecular flexibility index (Phi) is 4.64. The first-order valence-corrected chi connectivity index (χ1v) is 5.27. The first-order chi connectivity index (χ1) is 9.46. The van der Waals surface area contributed by atoms with Crippen molar-refractivity contribution < 1.29 is 19.2 Å². The minimum Gasteiger partial charge on any atom is -0.496 e. The van der Waals surface area contributed by atoms with Crippen molar-refractivity contribution in [1.29, 1.82) is 5.26 Å². The van der Waals surface area contributed by atoms with Gasteiger partial charge in [0.2, 0.25) is 0 Å². The molecule has 1 aromatic rings. The Labute approximate surface area is 114 Å². The van der Waals surface area contributed by atoms with Crippen molar-refractivity contribution in [2.45, 2.75) is 0 Å². The SMILES string of the molecule is COc1ccc(OC)c([N+](=O)[O-])c1C=C(C#N)C(N)=O. The molecule has 0 heterocycles. The average molecular weight is 277 g/mol. The van der Waals surface area contributed by atoms with Crippen molar-refractivity contribution in [2.75, 3.05) is 14.2 Å². The quantitative estimate of drug-likeness (QED) is 0.370. The second-order valence-corrected chi connectivity index (χ2v) is 3.52. The van der Waals surface area contributed by atoms with Crippen molar-refractivity contribution in [1.82, 2.24) is 0 Å². The van der Waals surface area contributed by atoms with Crippen LogP contribution >= 0.6 is 0 Å². The number of ether oxygens (including phenoxy) is 2. The fourth-order valence-corrected chi connectivity index (χ4v) is 1.54. The van der Waals surface area contributed by atoms with Crippen LogP contribution in [0.1, 0.15) is 5.56 Å². The van der Waals surface area contributed by atoms with Crippen LogP contribution in [0, 0.1) is 21.4 Å². The molecule has 20 heavy (non-hydrogen) atoms. The van der Waals surface area contributed by atoms with Crippen LogP contribution in [-0.2, 0) is 4.79 Å². The van der Waals surface area contributed by atoms with E-state index in [2.05, 4.69) is 0 Å². The number of benzene rings is 1. The number of carbonyl (C=O) groups is 1. The number of nitro groups is 1. The van der Waals surface area contributed by atoms with Crippen LogP contribution in [0.15, 0.2) is 17.7 Å². The van der Waals surface area contributed by atoms with Gasteiger partial charge in [-0.15, -0.1) is 0 Å². The minimum atomic E-state index is -0.994. The van der Waals surface area contributed by atoms with E-state index in [9.17, 15) is 14.9 Å². The summed E-state index contributed by atoms with van der Waals surface area (Å²) < 4.78 is 9.89. The highest BCUT2D eigenvalue weighted by Crippen LogP contribution is 2.38. The van der Waals surface area contributed by atoms with E-state index in [1.54, 1.807) is 6.07 Å². The number of primary amides is 1. The fourth-order valence-electron chi connectivity index (χ4n) is 1.54. The summed E-state index contributed by atoms with van der Waals surface area (Å²) in [6.45, 7) is 0. The van der Waals surface area contributed by atoms with Gasteiger partial charge in [0, 0.05) is 0 Å². The van der Waals surface area contributed by atoms with Gasteiger partial charge in [0.05, 0.1) is 24.7 Å². The summed E-state index contributed by atoms with van der Waals surface area (Å²) in [5, 5.41) is 20.0. The number of hydrogen-bond donors (Lipinski definition) is 1. The monoisotopic (exact) mass is 277 g/mol. The molecular weight excluding hydrogens is 266 g/mol. The Hall–Kier alpha value is -3.08. The Morgan fingerprint density at radius 1 is 1.40 bits per heavy atom. The third-order valence-electron chi connectivity index (χ3n) is 2.44. The minimum absolute atomic E-state index is 0.0242. The molecule has 0 aliphatic rings. The molecule has 1 aromatic carbocycles. The molecule has 0 atom stereocenters. The molecule has 0 aliphatic carbocycles. The molecule has 1 amide bonds. The summed E-state index contributed by atoms with van der Waals surface area (Å²) in [6, 6.07) is 4.35. The molecule has 1 rings (SSSR count). The van der Waals surface area contributed by atoms with E-state index < -0.39 is 22.1 Å². The van der Waals surface area contributed by atoms with E-state index in [0.29, 0.717) is 0 Å². The normalized spacial score (nSPS) is 10.6. The second kappa shape index (κ2) is 6.19. The molecule has 0 aromatic heterocycles. The number of nitrogens with two attached hydrogens (primary N) is 1. The largest absolute Gasteiger partial charge is 0.496 e. The van der Waals surface area contributed by atoms with E-state index in [1.165, 1.54) is 26.4 Å². The molecular formula is C12H11N3O5. The molecule has 0 radical (unpaired) electrons. The number of amides is 1. The molecule has 8 heteroatoms. The van der Waals surface area contributed by atoms with Gasteiger partial charge >= 0.3 is 5.69 Å². The fraction of sp³-hybridized carbons (Fsp3) is 0.167. The summed E-state index contributed by atoms with van der Waals surface area (Å²) in [6.07, 6.45) is 1.00. The van der Waals surface area contributed by atoms with Crippen LogP contribution in [0.25, 0.3) is 6.08 Å². The smallest absolute Gasteiger partial charge is 0.321 e. The Bertz CT molecular complexity index is 631. The first kappa shape index (κ1) is 15.0. The zero-order valence-electron chi connectivity index (χ0n) is 10.7. The van der Waals surface area contributed by atoms with Crippen LogP contribution in [0.2, 0.25) is 0 Å². The van der Waals surface area contributed by atoms with Gasteiger partial charge in [-0.2, -0.15) is 5.26 Å². The highest BCUT2D eigenvalue weighted by molar-refractivity contribution is 6.01. The van der Waals surface area contributed by atoms with E-state index in [1.807, 2.05) is 0 Å². The van der Waals surface area contributed by atoms with Crippen molar-refractivity contribution in [2.24, 2.45) is 5.73 Å². The van der Waals surface area contributed by atoms with Gasteiger partial charge in [0.15, 0.2) is 5.75 Å². The van der Waals surface area contributed by atoms with Crippen LogP contribution < -0.4 is 15.2 Å². The Balaban J connectivity index is 3.69. The lowest BCUT2D eigenvalue weighted by molar-refractivity contribution is -0.386. The Morgan fingerprint density at radius 2 is 1.95 bits per heavy atom. The number of nitrogens with zero attached hydrogens (tertiary/aromatic N) is 2. The van der Waals surface area contributed by atoms with Gasteiger partial charge in [0.1, 0.15) is 17.4 Å². The zero-order chi connectivity index (χ0) is 15.3. The number of nitro benzene ring substituents is 1. The number of methoxy groups -OCH3 is 2. The molecule has 0 fully saturated rings. The molecule has 104 valence electrons. The van der Waals surface area contributed by atoms with Gasteiger partial charge < -0.3 is 15.2 Å². The molecule has 0 aliphatic heterocycles. The van der Waals surface area contributed by atoms with Crippen LogP contribution in [0.5, 0.6) is 11.5 Å². The zero-order valence-corrected chi connectivity index (χ0v) is 10.7. The number of hydrogen-bond acceptors (Lipinski definition) is 6. The summed E-state index contributed by atoms with van der Waals surface area (Å²) in [5.74, 6) is -0.901. The van der Waals surface area contributed by atoms with E-state index in [4.69, 9.17) is 20.5 Å². The lowest BCUT2D eigenvalue weighted by atomic mass is 10.1. The van der Waals surface area contributed by atoms with Crippen molar-refractivity contribution in [3.05, 3.63) is 33.4 Å². The van der Waals surface area contributed by atoms with Gasteiger partial charge in [-0.05, 0) is 18.2 Å². The number of nitriles is 1. The molecule has 0 bridgehead atoms. The summed E-state index contributed by atoms with van der Waals surface area (Å²) in [5.41, 5.74) is 4.10. The van der Waals surface area contributed by atoms with E-state index in [-0.39, 0.29) is 17.1 Å². The van der Waals surface area contributed by atoms with E-state index >= 15 is 0 Å². The molecule has 0 saturated heterocycles. The predicted molar refractivity (Wildman–Crippen MR) is 69.0 cm³/mol. The maximum atomic E-state index is 11.2. The summed E-state index contributed by atoms with van der Waals surface area (Å²) in [7, 11) is 2.57. The lowest BCUT2D eigenvalue weighted by Gasteiger charge is -2.09. The van der Waals surface area contributed by atoms with Gasteiger partial charge in [-0.1, -0.05) is 0 Å². The van der Waals surface area contributed by atoms with E-state index in [0.717, 1.165) is 6.08 Å². The molecule has 2 N–H and O–H groups in total. The van der Waals surface area contributed by atoms with Gasteiger partial charge in [-0.25, -0.2) is 0 Å². The van der Waals surface area contributed by atoms with Gasteiger partial charge in [-0.3, -0.25) is 14.9 Å². The number of carbonyl (C=O) groups excluding carboxylic acids is 1. The van der Waals surface area contributed by atoms with Crippen molar-refractivity contribution in [3.8, 4) is 17.6 Å². The maximum absolute atomic E-state index is 11.2. The summed E-state index contributed by atoms with van der Waals surface area (Å²) >= 11 is 0. The van der Waals surface area contributed by atoms with Gasteiger partial charge in [0.25, 0.3) is 5.91 Å². The first-order valence-electron chi connectivity index (χ1n) is 5.27. The molecule has 0 unspecified atom stereocenters. The third-order valence-corrected chi connectivity index (χ3v) is 2.44. The second-order valence-electron chi connectivity index (χ2n) is 3.52.